The normalized spacial score (nSPS) is 10.7. The van der Waals surface area contributed by atoms with Crippen LogP contribution >= 0.6 is 0 Å². The lowest BCUT2D eigenvalue weighted by Crippen LogP contribution is -2.05. The first kappa shape index (κ1) is 11.5. The first-order chi connectivity index (χ1) is 8.20. The number of aryl methyl sites for hydroxylation is 1. The molecule has 0 aliphatic rings. The van der Waals surface area contributed by atoms with Crippen LogP contribution in [0, 0.1) is 11.3 Å². The minimum atomic E-state index is 0.188. The van der Waals surface area contributed by atoms with Gasteiger partial charge in [-0.1, -0.05) is 0 Å². The van der Waals surface area contributed by atoms with Gasteiger partial charge in [0, 0.05) is 23.6 Å². The molecule has 1 aromatic carbocycles. The molecule has 0 aliphatic carbocycles. The summed E-state index contributed by atoms with van der Waals surface area (Å²) in [6, 6.07) is 10.3. The monoisotopic (exact) mass is 228 g/mol. The van der Waals surface area contributed by atoms with Crippen molar-refractivity contribution in [1.29, 1.82) is 5.26 Å². The smallest absolute Gasteiger partial charge is 0.120 e. The van der Waals surface area contributed by atoms with Crippen LogP contribution in [0.4, 0.5) is 0 Å². The topological polar surface area (TPSA) is 38.0 Å². The van der Waals surface area contributed by atoms with Gasteiger partial charge in [0.05, 0.1) is 18.6 Å². The van der Waals surface area contributed by atoms with Crippen molar-refractivity contribution in [3.8, 4) is 11.8 Å². The Morgan fingerprint density at radius 3 is 2.88 bits per heavy atom. The predicted octanol–water partition coefficient (Wildman–Crippen LogP) is 3.34. The molecule has 17 heavy (non-hydrogen) atoms. The van der Waals surface area contributed by atoms with Crippen LogP contribution in [0.1, 0.15) is 20.3 Å². The molecule has 1 aromatic heterocycles. The van der Waals surface area contributed by atoms with Crippen molar-refractivity contribution in [3.05, 3.63) is 30.5 Å². The van der Waals surface area contributed by atoms with Gasteiger partial charge < -0.3 is 9.30 Å². The Labute approximate surface area is 101 Å². The fourth-order valence-electron chi connectivity index (χ4n) is 1.89. The van der Waals surface area contributed by atoms with Gasteiger partial charge in [0.25, 0.3) is 0 Å². The van der Waals surface area contributed by atoms with Gasteiger partial charge in [-0.15, -0.1) is 0 Å². The zero-order valence-electron chi connectivity index (χ0n) is 10.2. The number of fused-ring (bicyclic) bond motifs is 1. The number of benzene rings is 1. The molecule has 0 aliphatic heterocycles. The number of ether oxygens (including phenoxy) is 1. The Balaban J connectivity index is 2.28. The van der Waals surface area contributed by atoms with Gasteiger partial charge in [-0.2, -0.15) is 5.26 Å². The third-order valence-corrected chi connectivity index (χ3v) is 2.58. The van der Waals surface area contributed by atoms with Crippen molar-refractivity contribution in [1.82, 2.24) is 4.57 Å². The van der Waals surface area contributed by atoms with E-state index in [1.165, 1.54) is 0 Å². The van der Waals surface area contributed by atoms with E-state index < -0.39 is 0 Å². The molecule has 0 bridgehead atoms. The maximum atomic E-state index is 8.60. The second-order valence-corrected chi connectivity index (χ2v) is 4.30. The number of nitrogens with zero attached hydrogens (tertiary/aromatic N) is 2. The second kappa shape index (κ2) is 4.92. The molecule has 0 amide bonds. The van der Waals surface area contributed by atoms with Crippen molar-refractivity contribution < 1.29 is 4.74 Å². The highest BCUT2D eigenvalue weighted by atomic mass is 16.5. The molecule has 0 unspecified atom stereocenters. The third kappa shape index (κ3) is 2.59. The molecule has 0 saturated carbocycles. The molecule has 0 fully saturated rings. The van der Waals surface area contributed by atoms with Crippen LogP contribution < -0.4 is 4.74 Å². The fraction of sp³-hybridized carbons (Fsp3) is 0.357. The molecule has 0 spiro atoms. The maximum absolute atomic E-state index is 8.60. The second-order valence-electron chi connectivity index (χ2n) is 4.30. The fourth-order valence-corrected chi connectivity index (χ4v) is 1.89. The Bertz CT molecular complexity index is 549. The summed E-state index contributed by atoms with van der Waals surface area (Å²) in [6.07, 6.45) is 2.74. The van der Waals surface area contributed by atoms with Gasteiger partial charge in [-0.05, 0) is 38.1 Å². The summed E-state index contributed by atoms with van der Waals surface area (Å²) in [4.78, 5) is 0. The first-order valence-electron chi connectivity index (χ1n) is 5.83. The molecule has 1 heterocycles. The van der Waals surface area contributed by atoms with Crippen molar-refractivity contribution in [2.24, 2.45) is 0 Å². The van der Waals surface area contributed by atoms with Gasteiger partial charge in [0.2, 0.25) is 0 Å². The highest BCUT2D eigenvalue weighted by Gasteiger charge is 2.03. The van der Waals surface area contributed by atoms with Crippen LogP contribution in [0.25, 0.3) is 10.9 Å². The maximum Gasteiger partial charge on any atom is 0.120 e. The van der Waals surface area contributed by atoms with E-state index in [1.807, 2.05) is 38.2 Å². The number of nitriles is 1. The van der Waals surface area contributed by atoms with E-state index in [1.54, 1.807) is 0 Å². The van der Waals surface area contributed by atoms with E-state index in [0.717, 1.165) is 23.2 Å². The summed E-state index contributed by atoms with van der Waals surface area (Å²) in [6.45, 7) is 4.77. The first-order valence-corrected chi connectivity index (χ1v) is 5.83. The summed E-state index contributed by atoms with van der Waals surface area (Å²) in [7, 11) is 0. The van der Waals surface area contributed by atoms with E-state index in [0.29, 0.717) is 6.42 Å². The highest BCUT2D eigenvalue weighted by Crippen LogP contribution is 2.23. The number of hydrogen-bond donors (Lipinski definition) is 0. The number of aromatic nitrogens is 1. The largest absolute Gasteiger partial charge is 0.491 e. The predicted molar refractivity (Wildman–Crippen MR) is 67.9 cm³/mol. The molecular formula is C14H16N2O. The summed E-state index contributed by atoms with van der Waals surface area (Å²) in [5.41, 5.74) is 1.15. The summed E-state index contributed by atoms with van der Waals surface area (Å²) in [5.74, 6) is 0.894. The van der Waals surface area contributed by atoms with Crippen molar-refractivity contribution in [2.45, 2.75) is 32.9 Å². The molecule has 2 rings (SSSR count). The average Bonchev–Trinajstić information content (AvgIpc) is 2.68. The van der Waals surface area contributed by atoms with Crippen LogP contribution in [0.15, 0.2) is 30.5 Å². The molecule has 0 atom stereocenters. The molecule has 3 heteroatoms. The van der Waals surface area contributed by atoms with Gasteiger partial charge in [-0.3, -0.25) is 0 Å². The van der Waals surface area contributed by atoms with E-state index in [2.05, 4.69) is 16.7 Å². The van der Waals surface area contributed by atoms with Gasteiger partial charge in [-0.25, -0.2) is 0 Å². The Kier molecular flexibility index (Phi) is 3.34. The zero-order valence-corrected chi connectivity index (χ0v) is 10.2. The summed E-state index contributed by atoms with van der Waals surface area (Å²) < 4.78 is 7.75. The molecule has 88 valence electrons. The quantitative estimate of drug-likeness (QED) is 0.804. The Hall–Kier alpha value is -1.95. The van der Waals surface area contributed by atoms with E-state index >= 15 is 0 Å². The van der Waals surface area contributed by atoms with E-state index in [-0.39, 0.29) is 6.10 Å². The minimum Gasteiger partial charge on any atom is -0.491 e. The van der Waals surface area contributed by atoms with Crippen molar-refractivity contribution >= 4 is 10.9 Å². The lowest BCUT2D eigenvalue weighted by atomic mass is 10.2. The van der Waals surface area contributed by atoms with Crippen LogP contribution in [0.5, 0.6) is 5.75 Å². The standard InChI is InChI=1S/C14H16N2O/c1-11(2)17-13-4-5-14-12(10-13)6-9-16(14)8-3-7-15/h4-6,9-11H,3,8H2,1-2H3. The third-order valence-electron chi connectivity index (χ3n) is 2.58. The number of hydrogen-bond acceptors (Lipinski definition) is 2. The van der Waals surface area contributed by atoms with Crippen LogP contribution in [-0.2, 0) is 6.54 Å². The minimum absolute atomic E-state index is 0.188. The highest BCUT2D eigenvalue weighted by molar-refractivity contribution is 5.81. The lowest BCUT2D eigenvalue weighted by Gasteiger charge is -2.10. The molecular weight excluding hydrogens is 212 g/mol. The van der Waals surface area contributed by atoms with Crippen LogP contribution in [0.3, 0.4) is 0 Å². The summed E-state index contributed by atoms with van der Waals surface area (Å²) in [5, 5.41) is 9.75. The number of rotatable bonds is 4. The van der Waals surface area contributed by atoms with E-state index in [9.17, 15) is 0 Å². The van der Waals surface area contributed by atoms with Gasteiger partial charge in [0.1, 0.15) is 5.75 Å². The molecule has 0 N–H and O–H groups in total. The Morgan fingerprint density at radius 1 is 1.35 bits per heavy atom. The molecule has 2 aromatic rings. The Morgan fingerprint density at radius 2 is 2.18 bits per heavy atom. The van der Waals surface area contributed by atoms with Crippen molar-refractivity contribution in [2.75, 3.05) is 0 Å². The van der Waals surface area contributed by atoms with Gasteiger partial charge in [0.15, 0.2) is 0 Å². The SMILES string of the molecule is CC(C)Oc1ccc2c(ccn2CCC#N)c1. The lowest BCUT2D eigenvalue weighted by molar-refractivity contribution is 0.243. The zero-order chi connectivity index (χ0) is 12.3. The average molecular weight is 228 g/mol. The van der Waals surface area contributed by atoms with Crippen LogP contribution in [0.2, 0.25) is 0 Å². The molecule has 0 saturated heterocycles. The van der Waals surface area contributed by atoms with Crippen molar-refractivity contribution in [3.63, 3.8) is 0 Å². The van der Waals surface area contributed by atoms with Gasteiger partial charge >= 0.3 is 0 Å². The molecule has 3 nitrogen and oxygen atoms in total. The molecule has 0 radical (unpaired) electrons. The summed E-state index contributed by atoms with van der Waals surface area (Å²) >= 11 is 0. The van der Waals surface area contributed by atoms with E-state index in [4.69, 9.17) is 10.00 Å². The van der Waals surface area contributed by atoms with Crippen LogP contribution in [-0.4, -0.2) is 10.7 Å².